The molecule has 0 radical (unpaired) electrons. The third kappa shape index (κ3) is 3.82. The van der Waals surface area contributed by atoms with E-state index >= 15 is 0 Å². The van der Waals surface area contributed by atoms with E-state index in [1.165, 1.54) is 0 Å². The van der Waals surface area contributed by atoms with Gasteiger partial charge in [-0.25, -0.2) is 9.97 Å². The molecule has 0 aromatic carbocycles. The summed E-state index contributed by atoms with van der Waals surface area (Å²) in [5.41, 5.74) is 3.24. The molecule has 1 fully saturated rings. The van der Waals surface area contributed by atoms with E-state index in [4.69, 9.17) is 4.98 Å². The number of rotatable bonds is 5. The Morgan fingerprint density at radius 1 is 1.46 bits per heavy atom. The molecule has 3 rings (SSSR count). The van der Waals surface area contributed by atoms with Crippen molar-refractivity contribution < 1.29 is 4.79 Å². The first-order valence-electron chi connectivity index (χ1n) is 8.32. The Hall–Kier alpha value is -1.79. The Balaban J connectivity index is 1.84. The second kappa shape index (κ2) is 7.40. The largest absolute Gasteiger partial charge is 0.334 e. The summed E-state index contributed by atoms with van der Waals surface area (Å²) in [5.74, 6) is 0.965. The molecule has 128 valence electrons. The second-order valence-corrected chi connectivity index (χ2v) is 7.40. The molecule has 6 heteroatoms. The lowest BCUT2D eigenvalue weighted by atomic mass is 10.0. The predicted molar refractivity (Wildman–Crippen MR) is 95.9 cm³/mol. The Bertz CT molecular complexity index is 699. The van der Waals surface area contributed by atoms with Crippen molar-refractivity contribution in [3.05, 3.63) is 45.7 Å². The van der Waals surface area contributed by atoms with Gasteiger partial charge in [-0.05, 0) is 56.3 Å². The highest BCUT2D eigenvalue weighted by atomic mass is 32.1. The summed E-state index contributed by atoms with van der Waals surface area (Å²) in [6, 6.07) is 2.10. The monoisotopic (exact) mass is 344 g/mol. The van der Waals surface area contributed by atoms with Gasteiger partial charge in [-0.15, -0.1) is 0 Å². The van der Waals surface area contributed by atoms with Gasteiger partial charge in [-0.1, -0.05) is 0 Å². The maximum absolute atomic E-state index is 12.8. The third-order valence-corrected chi connectivity index (χ3v) is 5.06. The minimum absolute atomic E-state index is 0.0767. The van der Waals surface area contributed by atoms with Crippen molar-refractivity contribution in [3.8, 4) is 0 Å². The summed E-state index contributed by atoms with van der Waals surface area (Å²) in [6.45, 7) is 3.52. The quantitative estimate of drug-likeness (QED) is 0.837. The molecule has 0 spiro atoms. The number of aryl methyl sites for hydroxylation is 1. The van der Waals surface area contributed by atoms with Crippen LogP contribution in [0.15, 0.2) is 23.0 Å². The maximum Gasteiger partial charge on any atom is 0.227 e. The first-order chi connectivity index (χ1) is 11.5. The lowest BCUT2D eigenvalue weighted by Crippen LogP contribution is -2.33. The Morgan fingerprint density at radius 2 is 2.29 bits per heavy atom. The van der Waals surface area contributed by atoms with E-state index in [0.29, 0.717) is 6.42 Å². The van der Waals surface area contributed by atoms with E-state index in [1.54, 1.807) is 11.3 Å². The number of likely N-dealkylation sites (tertiary alicyclic amines) is 1. The van der Waals surface area contributed by atoms with Crippen molar-refractivity contribution in [2.24, 2.45) is 0 Å². The SMILES string of the molecule is Cc1ncc(CN(C)C)c([C@@H]2CCCN2C(=O)Cc2ccsc2)n1. The Labute approximate surface area is 147 Å². The zero-order valence-electron chi connectivity index (χ0n) is 14.5. The number of nitrogens with zero attached hydrogens (tertiary/aromatic N) is 4. The summed E-state index contributed by atoms with van der Waals surface area (Å²) in [4.78, 5) is 26.0. The molecule has 1 aliphatic heterocycles. The van der Waals surface area contributed by atoms with E-state index < -0.39 is 0 Å². The molecule has 1 atom stereocenters. The molecule has 0 N–H and O–H groups in total. The summed E-state index contributed by atoms with van der Waals surface area (Å²) in [5, 5.41) is 4.07. The minimum Gasteiger partial charge on any atom is -0.334 e. The molecule has 2 aromatic rings. The number of hydrogen-bond donors (Lipinski definition) is 0. The van der Waals surface area contributed by atoms with Gasteiger partial charge in [0.1, 0.15) is 5.82 Å². The van der Waals surface area contributed by atoms with Crippen LogP contribution in [-0.4, -0.2) is 46.3 Å². The molecule has 24 heavy (non-hydrogen) atoms. The van der Waals surface area contributed by atoms with E-state index in [2.05, 4.69) is 15.3 Å². The Kier molecular flexibility index (Phi) is 5.26. The lowest BCUT2D eigenvalue weighted by Gasteiger charge is -2.26. The fourth-order valence-corrected chi connectivity index (χ4v) is 3.95. The molecule has 1 saturated heterocycles. The van der Waals surface area contributed by atoms with Crippen LogP contribution >= 0.6 is 11.3 Å². The van der Waals surface area contributed by atoms with Crippen LogP contribution in [0.4, 0.5) is 0 Å². The summed E-state index contributed by atoms with van der Waals surface area (Å²) in [6.07, 6.45) is 4.40. The number of hydrogen-bond acceptors (Lipinski definition) is 5. The molecule has 0 unspecified atom stereocenters. The van der Waals surface area contributed by atoms with Crippen LogP contribution < -0.4 is 0 Å². The van der Waals surface area contributed by atoms with Crippen molar-refractivity contribution in [3.63, 3.8) is 0 Å². The fourth-order valence-electron chi connectivity index (χ4n) is 3.28. The molecule has 2 aromatic heterocycles. The van der Waals surface area contributed by atoms with Gasteiger partial charge in [0.15, 0.2) is 0 Å². The van der Waals surface area contributed by atoms with Crippen molar-refractivity contribution in [1.82, 2.24) is 19.8 Å². The van der Waals surface area contributed by atoms with Crippen LogP contribution in [0, 0.1) is 6.92 Å². The first-order valence-corrected chi connectivity index (χ1v) is 9.26. The van der Waals surface area contributed by atoms with Gasteiger partial charge in [0.05, 0.1) is 18.2 Å². The molecule has 0 saturated carbocycles. The molecule has 1 amide bonds. The first kappa shape index (κ1) is 17.0. The van der Waals surface area contributed by atoms with Crippen LogP contribution in [0.3, 0.4) is 0 Å². The van der Waals surface area contributed by atoms with Crippen LogP contribution in [0.25, 0.3) is 0 Å². The fraction of sp³-hybridized carbons (Fsp3) is 0.500. The van der Waals surface area contributed by atoms with E-state index in [-0.39, 0.29) is 11.9 Å². The molecule has 1 aliphatic rings. The van der Waals surface area contributed by atoms with Crippen molar-refractivity contribution in [1.29, 1.82) is 0 Å². The highest BCUT2D eigenvalue weighted by Gasteiger charge is 2.32. The normalized spacial score (nSPS) is 17.7. The standard InChI is InChI=1S/C18H24N4OS/c1-13-19-10-15(11-21(2)3)18(20-13)16-5-4-7-22(16)17(23)9-14-6-8-24-12-14/h6,8,10,12,16H,4-5,7,9,11H2,1-3H3/t16-/m0/s1. The second-order valence-electron chi connectivity index (χ2n) is 6.62. The topological polar surface area (TPSA) is 49.3 Å². The lowest BCUT2D eigenvalue weighted by molar-refractivity contribution is -0.131. The summed E-state index contributed by atoms with van der Waals surface area (Å²) >= 11 is 1.64. The van der Waals surface area contributed by atoms with E-state index in [1.807, 2.05) is 43.6 Å². The molecular weight excluding hydrogens is 320 g/mol. The van der Waals surface area contributed by atoms with Gasteiger partial charge < -0.3 is 9.80 Å². The highest BCUT2D eigenvalue weighted by molar-refractivity contribution is 7.08. The van der Waals surface area contributed by atoms with E-state index in [0.717, 1.165) is 48.6 Å². The predicted octanol–water partition coefficient (Wildman–Crippen LogP) is 2.81. The van der Waals surface area contributed by atoms with E-state index in [9.17, 15) is 4.79 Å². The van der Waals surface area contributed by atoms with Gasteiger partial charge in [-0.3, -0.25) is 4.79 Å². The van der Waals surface area contributed by atoms with Gasteiger partial charge in [0, 0.05) is 24.8 Å². The van der Waals surface area contributed by atoms with Crippen LogP contribution in [0.1, 0.15) is 41.5 Å². The van der Waals surface area contributed by atoms with Crippen LogP contribution in [-0.2, 0) is 17.8 Å². The minimum atomic E-state index is 0.0767. The van der Waals surface area contributed by atoms with Gasteiger partial charge >= 0.3 is 0 Å². The zero-order chi connectivity index (χ0) is 17.1. The smallest absolute Gasteiger partial charge is 0.227 e. The number of carbonyl (C=O) groups excluding carboxylic acids is 1. The number of carbonyl (C=O) groups is 1. The van der Waals surface area contributed by atoms with Crippen molar-refractivity contribution >= 4 is 17.2 Å². The molecule has 5 nitrogen and oxygen atoms in total. The van der Waals surface area contributed by atoms with Crippen molar-refractivity contribution in [2.45, 2.75) is 38.8 Å². The van der Waals surface area contributed by atoms with Gasteiger partial charge in [0.25, 0.3) is 0 Å². The third-order valence-electron chi connectivity index (χ3n) is 4.33. The number of aromatic nitrogens is 2. The number of amides is 1. The summed E-state index contributed by atoms with van der Waals surface area (Å²) in [7, 11) is 4.08. The highest BCUT2D eigenvalue weighted by Crippen LogP contribution is 2.33. The average Bonchev–Trinajstić information content (AvgIpc) is 3.19. The molecular formula is C18H24N4OS. The van der Waals surface area contributed by atoms with Crippen molar-refractivity contribution in [2.75, 3.05) is 20.6 Å². The Morgan fingerprint density at radius 3 is 3.00 bits per heavy atom. The van der Waals surface area contributed by atoms with Crippen LogP contribution in [0.5, 0.6) is 0 Å². The number of thiophene rings is 1. The molecule has 0 bridgehead atoms. The zero-order valence-corrected chi connectivity index (χ0v) is 15.3. The molecule has 0 aliphatic carbocycles. The summed E-state index contributed by atoms with van der Waals surface area (Å²) < 4.78 is 0. The molecule has 3 heterocycles. The van der Waals surface area contributed by atoms with Gasteiger partial charge in [0.2, 0.25) is 5.91 Å². The van der Waals surface area contributed by atoms with Gasteiger partial charge in [-0.2, -0.15) is 11.3 Å². The maximum atomic E-state index is 12.8. The average molecular weight is 344 g/mol. The van der Waals surface area contributed by atoms with Crippen LogP contribution in [0.2, 0.25) is 0 Å².